The Morgan fingerprint density at radius 1 is 1.00 bits per heavy atom. The Morgan fingerprint density at radius 3 is 2.30 bits per heavy atom. The summed E-state index contributed by atoms with van der Waals surface area (Å²) in [6, 6.07) is 7.62. The average molecular weight is 422 g/mol. The highest BCUT2D eigenvalue weighted by molar-refractivity contribution is 5.91. The van der Waals surface area contributed by atoms with Gasteiger partial charge in [-0.25, -0.2) is 4.79 Å². The van der Waals surface area contributed by atoms with E-state index >= 15 is 0 Å². The molecule has 0 fully saturated rings. The summed E-state index contributed by atoms with van der Waals surface area (Å²) in [6.45, 7) is 4.37. The van der Waals surface area contributed by atoms with Gasteiger partial charge in [-0.2, -0.15) is 0 Å². The summed E-state index contributed by atoms with van der Waals surface area (Å²) >= 11 is 0. The summed E-state index contributed by atoms with van der Waals surface area (Å²) in [4.78, 5) is 47.1. The van der Waals surface area contributed by atoms with E-state index in [-0.39, 0.29) is 32.4 Å². The molecule has 0 unspecified atom stereocenters. The zero-order chi connectivity index (χ0) is 22.5. The van der Waals surface area contributed by atoms with E-state index in [2.05, 4.69) is 16.0 Å². The molecule has 166 valence electrons. The van der Waals surface area contributed by atoms with E-state index in [0.29, 0.717) is 0 Å². The lowest BCUT2D eigenvalue weighted by atomic mass is 10.0. The molecule has 0 aliphatic heterocycles. The fourth-order valence-electron chi connectivity index (χ4n) is 2.11. The third kappa shape index (κ3) is 9.99. The molecule has 3 amide bonds. The Kier molecular flexibility index (Phi) is 11.1. The van der Waals surface area contributed by atoms with E-state index in [9.17, 15) is 19.2 Å². The topological polar surface area (TPSA) is 149 Å². The van der Waals surface area contributed by atoms with Gasteiger partial charge in [-0.05, 0) is 18.4 Å². The van der Waals surface area contributed by atoms with E-state index in [4.69, 9.17) is 15.2 Å². The third-order valence-corrected chi connectivity index (χ3v) is 4.03. The van der Waals surface area contributed by atoms with Crippen molar-refractivity contribution in [2.24, 2.45) is 11.7 Å². The van der Waals surface area contributed by atoms with Crippen molar-refractivity contribution in [3.63, 3.8) is 0 Å². The zero-order valence-electron chi connectivity index (χ0n) is 17.5. The second-order valence-electron chi connectivity index (χ2n) is 6.96. The van der Waals surface area contributed by atoms with Crippen LogP contribution in [0.4, 0.5) is 0 Å². The molecule has 0 saturated heterocycles. The van der Waals surface area contributed by atoms with Crippen molar-refractivity contribution >= 4 is 23.7 Å². The van der Waals surface area contributed by atoms with Gasteiger partial charge in [-0.15, -0.1) is 0 Å². The number of nitrogens with two attached hydrogens (primary N) is 1. The van der Waals surface area contributed by atoms with Gasteiger partial charge >= 0.3 is 5.97 Å². The van der Waals surface area contributed by atoms with Crippen LogP contribution in [0.5, 0.6) is 0 Å². The standard InChI is InChI=1S/C20H30N4O6/c1-13(2)18(21)20(28)24-14(3)19(27)22-9-16(25)23-12-29-11-17(26)30-10-15-7-5-4-6-8-15/h4-8,13-14,18H,9-12,21H2,1-3H3,(H,22,27)(H,23,25)(H,24,28)/t14-,18-/m0/s1. The first kappa shape index (κ1) is 25.1. The van der Waals surface area contributed by atoms with E-state index < -0.39 is 35.8 Å². The molecule has 30 heavy (non-hydrogen) atoms. The number of carbonyl (C=O) groups excluding carboxylic acids is 4. The predicted octanol–water partition coefficient (Wildman–Crippen LogP) is -0.576. The van der Waals surface area contributed by atoms with Crippen LogP contribution in [-0.4, -0.2) is 55.7 Å². The van der Waals surface area contributed by atoms with Crippen molar-refractivity contribution in [3.8, 4) is 0 Å². The number of carbonyl (C=O) groups is 4. The number of hydrogen-bond acceptors (Lipinski definition) is 7. The molecule has 1 aromatic rings. The smallest absolute Gasteiger partial charge is 0.332 e. The number of amides is 3. The number of hydrogen-bond donors (Lipinski definition) is 4. The molecule has 0 spiro atoms. The van der Waals surface area contributed by atoms with Crippen LogP contribution in [0.15, 0.2) is 30.3 Å². The fourth-order valence-corrected chi connectivity index (χ4v) is 2.11. The number of benzene rings is 1. The molecule has 0 bridgehead atoms. The molecule has 1 aromatic carbocycles. The average Bonchev–Trinajstić information content (AvgIpc) is 2.73. The normalized spacial score (nSPS) is 12.6. The lowest BCUT2D eigenvalue weighted by Gasteiger charge is -2.19. The minimum Gasteiger partial charge on any atom is -0.459 e. The van der Waals surface area contributed by atoms with Gasteiger partial charge in [-0.1, -0.05) is 44.2 Å². The Hall–Kier alpha value is -2.98. The molecule has 0 aromatic heterocycles. The molecule has 10 nitrogen and oxygen atoms in total. The molecule has 5 N–H and O–H groups in total. The van der Waals surface area contributed by atoms with Crippen LogP contribution in [0, 0.1) is 5.92 Å². The van der Waals surface area contributed by atoms with E-state index in [1.807, 2.05) is 30.3 Å². The predicted molar refractivity (Wildman–Crippen MR) is 109 cm³/mol. The Bertz CT molecular complexity index is 711. The first-order valence-corrected chi connectivity index (χ1v) is 9.58. The molecular weight excluding hydrogens is 392 g/mol. The lowest BCUT2D eigenvalue weighted by Crippen LogP contribution is -2.52. The largest absolute Gasteiger partial charge is 0.459 e. The maximum atomic E-state index is 11.9. The van der Waals surface area contributed by atoms with Crippen molar-refractivity contribution in [3.05, 3.63) is 35.9 Å². The van der Waals surface area contributed by atoms with Crippen molar-refractivity contribution < 1.29 is 28.7 Å². The molecule has 0 radical (unpaired) electrons. The summed E-state index contributed by atoms with van der Waals surface area (Å²) in [6.07, 6.45) is 0. The van der Waals surface area contributed by atoms with Gasteiger partial charge in [0.1, 0.15) is 26.0 Å². The van der Waals surface area contributed by atoms with E-state index in [0.717, 1.165) is 5.56 Å². The number of rotatable bonds is 12. The van der Waals surface area contributed by atoms with Crippen LogP contribution in [0.1, 0.15) is 26.3 Å². The summed E-state index contributed by atoms with van der Waals surface area (Å²) in [7, 11) is 0. The summed E-state index contributed by atoms with van der Waals surface area (Å²) in [5.41, 5.74) is 6.57. The van der Waals surface area contributed by atoms with Crippen molar-refractivity contribution in [2.45, 2.75) is 39.5 Å². The van der Waals surface area contributed by atoms with Crippen LogP contribution < -0.4 is 21.7 Å². The molecule has 10 heteroatoms. The van der Waals surface area contributed by atoms with Gasteiger partial charge < -0.3 is 31.2 Å². The maximum Gasteiger partial charge on any atom is 0.332 e. The van der Waals surface area contributed by atoms with Crippen molar-refractivity contribution in [2.75, 3.05) is 19.9 Å². The number of nitrogens with one attached hydrogen (secondary N) is 3. The SMILES string of the molecule is CC(C)[C@H](N)C(=O)N[C@@H](C)C(=O)NCC(=O)NCOCC(=O)OCc1ccccc1. The first-order chi connectivity index (χ1) is 14.2. The van der Waals surface area contributed by atoms with Crippen LogP contribution in [0.25, 0.3) is 0 Å². The monoisotopic (exact) mass is 422 g/mol. The third-order valence-electron chi connectivity index (χ3n) is 4.03. The highest BCUT2D eigenvalue weighted by Crippen LogP contribution is 2.00. The Morgan fingerprint density at radius 2 is 1.67 bits per heavy atom. The van der Waals surface area contributed by atoms with Gasteiger partial charge in [0.2, 0.25) is 17.7 Å². The number of ether oxygens (including phenoxy) is 2. The highest BCUT2D eigenvalue weighted by atomic mass is 16.6. The van der Waals surface area contributed by atoms with Crippen LogP contribution >= 0.6 is 0 Å². The molecule has 1 rings (SSSR count). The second-order valence-corrected chi connectivity index (χ2v) is 6.96. The van der Waals surface area contributed by atoms with Gasteiger partial charge in [-0.3, -0.25) is 14.4 Å². The Balaban J connectivity index is 2.15. The molecule has 0 aliphatic carbocycles. The minimum atomic E-state index is -0.842. The minimum absolute atomic E-state index is 0.0679. The highest BCUT2D eigenvalue weighted by Gasteiger charge is 2.22. The molecule has 2 atom stereocenters. The fraction of sp³-hybridized carbons (Fsp3) is 0.500. The van der Waals surface area contributed by atoms with Gasteiger partial charge in [0.15, 0.2) is 0 Å². The summed E-state index contributed by atoms with van der Waals surface area (Å²) in [5.74, 6) is -2.12. The quantitative estimate of drug-likeness (QED) is 0.200. The summed E-state index contributed by atoms with van der Waals surface area (Å²) in [5, 5.41) is 7.27. The summed E-state index contributed by atoms with van der Waals surface area (Å²) < 4.78 is 10.0. The Labute approximate surface area is 175 Å². The second kappa shape index (κ2) is 13.3. The zero-order valence-corrected chi connectivity index (χ0v) is 17.5. The first-order valence-electron chi connectivity index (χ1n) is 9.58. The molecular formula is C20H30N4O6. The van der Waals surface area contributed by atoms with Crippen LogP contribution in [0.2, 0.25) is 0 Å². The van der Waals surface area contributed by atoms with Crippen molar-refractivity contribution in [1.82, 2.24) is 16.0 Å². The maximum absolute atomic E-state index is 11.9. The van der Waals surface area contributed by atoms with Crippen LogP contribution in [0.3, 0.4) is 0 Å². The van der Waals surface area contributed by atoms with Gasteiger partial charge in [0.25, 0.3) is 0 Å². The van der Waals surface area contributed by atoms with Crippen molar-refractivity contribution in [1.29, 1.82) is 0 Å². The molecule has 0 saturated carbocycles. The van der Waals surface area contributed by atoms with E-state index in [1.165, 1.54) is 6.92 Å². The molecule has 0 heterocycles. The lowest BCUT2D eigenvalue weighted by molar-refractivity contribution is -0.151. The molecule has 0 aliphatic rings. The van der Waals surface area contributed by atoms with Crippen LogP contribution in [-0.2, 0) is 35.3 Å². The van der Waals surface area contributed by atoms with Gasteiger partial charge in [0.05, 0.1) is 12.6 Å². The van der Waals surface area contributed by atoms with E-state index in [1.54, 1.807) is 13.8 Å². The number of esters is 1. The van der Waals surface area contributed by atoms with Gasteiger partial charge in [0, 0.05) is 0 Å².